The molecule has 0 bridgehead atoms. The van der Waals surface area contributed by atoms with Gasteiger partial charge in [0, 0.05) is 27.1 Å². The van der Waals surface area contributed by atoms with E-state index in [4.69, 9.17) is 23.2 Å². The zero-order valence-corrected chi connectivity index (χ0v) is 14.7. The molecule has 0 saturated carbocycles. The van der Waals surface area contributed by atoms with Gasteiger partial charge in [-0.25, -0.2) is 9.18 Å². The minimum Gasteiger partial charge on any atom is -0.466 e. The Morgan fingerprint density at radius 3 is 2.68 bits per heavy atom. The number of carbonyl (C=O) groups excluding carboxylic acids is 1. The number of ether oxygens (including phenoxy) is 1. The van der Waals surface area contributed by atoms with Crippen molar-refractivity contribution in [2.75, 3.05) is 7.11 Å². The van der Waals surface area contributed by atoms with E-state index in [9.17, 15) is 9.18 Å². The normalized spacial score (nSPS) is 11.4. The molecular weight excluding hydrogens is 366 g/mol. The van der Waals surface area contributed by atoms with E-state index in [-0.39, 0.29) is 6.54 Å². The van der Waals surface area contributed by atoms with E-state index >= 15 is 0 Å². The Morgan fingerprint density at radius 2 is 1.96 bits per heavy atom. The third-order valence-corrected chi connectivity index (χ3v) is 4.12. The monoisotopic (exact) mass is 378 g/mol. The fourth-order valence-electron chi connectivity index (χ4n) is 2.45. The fourth-order valence-corrected chi connectivity index (χ4v) is 2.78. The van der Waals surface area contributed by atoms with Crippen LogP contribution in [-0.4, -0.2) is 22.9 Å². The highest BCUT2D eigenvalue weighted by molar-refractivity contribution is 6.31. The quantitative estimate of drug-likeness (QED) is 0.487. The molecule has 2 aromatic carbocycles. The van der Waals surface area contributed by atoms with Crippen molar-refractivity contribution in [1.82, 2.24) is 9.78 Å². The maximum atomic E-state index is 14.1. The van der Waals surface area contributed by atoms with Crippen molar-refractivity contribution in [2.24, 2.45) is 0 Å². The lowest BCUT2D eigenvalue weighted by molar-refractivity contribution is -0.134. The molecule has 4 nitrogen and oxygen atoms in total. The van der Waals surface area contributed by atoms with Crippen LogP contribution in [0.3, 0.4) is 0 Å². The summed E-state index contributed by atoms with van der Waals surface area (Å²) in [6.07, 6.45) is 2.81. The Hall–Kier alpha value is -2.37. The van der Waals surface area contributed by atoms with Crippen molar-refractivity contribution >= 4 is 46.2 Å². The van der Waals surface area contributed by atoms with Crippen molar-refractivity contribution in [3.63, 3.8) is 0 Å². The van der Waals surface area contributed by atoms with Crippen LogP contribution >= 0.6 is 23.2 Å². The first-order valence-corrected chi connectivity index (χ1v) is 8.09. The average molecular weight is 379 g/mol. The fraction of sp³-hybridized carbons (Fsp3) is 0.111. The lowest BCUT2D eigenvalue weighted by atomic mass is 10.2. The zero-order valence-electron chi connectivity index (χ0n) is 13.2. The smallest absolute Gasteiger partial charge is 0.330 e. The number of esters is 1. The Bertz CT molecular complexity index is 983. The highest BCUT2D eigenvalue weighted by Gasteiger charge is 2.12. The molecule has 0 unspecified atom stereocenters. The van der Waals surface area contributed by atoms with E-state index in [1.807, 2.05) is 0 Å². The van der Waals surface area contributed by atoms with Gasteiger partial charge >= 0.3 is 5.97 Å². The molecule has 0 amide bonds. The number of carbonyl (C=O) groups is 1. The highest BCUT2D eigenvalue weighted by Crippen LogP contribution is 2.25. The summed E-state index contributed by atoms with van der Waals surface area (Å²) in [7, 11) is 1.30. The molecule has 3 aromatic rings. The minimum atomic E-state index is -0.492. The molecule has 0 radical (unpaired) electrons. The number of halogens is 3. The summed E-state index contributed by atoms with van der Waals surface area (Å²) in [6, 6.07) is 9.78. The Kier molecular flexibility index (Phi) is 5.06. The van der Waals surface area contributed by atoms with Crippen LogP contribution in [0.4, 0.5) is 4.39 Å². The summed E-state index contributed by atoms with van der Waals surface area (Å²) in [4.78, 5) is 11.3. The number of aromatic nitrogens is 2. The molecule has 7 heteroatoms. The maximum Gasteiger partial charge on any atom is 0.330 e. The molecule has 128 valence electrons. The largest absolute Gasteiger partial charge is 0.466 e. The summed E-state index contributed by atoms with van der Waals surface area (Å²) in [5.41, 5.74) is 1.76. The molecule has 3 rings (SSSR count). The molecule has 0 atom stereocenters. The van der Waals surface area contributed by atoms with Crippen LogP contribution in [0.5, 0.6) is 0 Å². The van der Waals surface area contributed by atoms with Crippen LogP contribution in [0.2, 0.25) is 10.0 Å². The maximum absolute atomic E-state index is 14.1. The number of hydrogen-bond donors (Lipinski definition) is 0. The number of fused-ring (bicyclic) bond motifs is 1. The lowest BCUT2D eigenvalue weighted by Gasteiger charge is -2.05. The van der Waals surface area contributed by atoms with E-state index < -0.39 is 11.8 Å². The van der Waals surface area contributed by atoms with Gasteiger partial charge in [-0.05, 0) is 36.4 Å². The summed E-state index contributed by atoms with van der Waals surface area (Å²) in [5.74, 6) is -0.898. The molecule has 1 aromatic heterocycles. The van der Waals surface area contributed by atoms with Crippen LogP contribution < -0.4 is 0 Å². The lowest BCUT2D eigenvalue weighted by Crippen LogP contribution is -2.04. The van der Waals surface area contributed by atoms with Gasteiger partial charge in [0.05, 0.1) is 24.9 Å². The van der Waals surface area contributed by atoms with Crippen LogP contribution in [0.25, 0.3) is 17.0 Å². The van der Waals surface area contributed by atoms with Gasteiger partial charge in [-0.3, -0.25) is 4.68 Å². The number of benzene rings is 2. The molecule has 0 spiro atoms. The molecule has 0 fully saturated rings. The molecule has 0 saturated heterocycles. The van der Waals surface area contributed by atoms with Crippen molar-refractivity contribution in [1.29, 1.82) is 0 Å². The van der Waals surface area contributed by atoms with Gasteiger partial charge in [0.2, 0.25) is 0 Å². The first kappa shape index (κ1) is 17.5. The predicted octanol–water partition coefficient (Wildman–Crippen LogP) is 4.72. The van der Waals surface area contributed by atoms with Crippen LogP contribution in [0.15, 0.2) is 42.5 Å². The van der Waals surface area contributed by atoms with Gasteiger partial charge in [-0.2, -0.15) is 5.10 Å². The Balaban J connectivity index is 2.06. The van der Waals surface area contributed by atoms with Crippen LogP contribution in [0, 0.1) is 5.82 Å². The van der Waals surface area contributed by atoms with Gasteiger partial charge in [-0.15, -0.1) is 0 Å². The molecule has 0 aliphatic carbocycles. The number of methoxy groups -OCH3 is 1. The number of nitrogens with zero attached hydrogens (tertiary/aromatic N) is 2. The third-order valence-electron chi connectivity index (χ3n) is 3.65. The topological polar surface area (TPSA) is 44.1 Å². The van der Waals surface area contributed by atoms with Gasteiger partial charge in [0.25, 0.3) is 0 Å². The van der Waals surface area contributed by atoms with Gasteiger partial charge in [-0.1, -0.05) is 29.3 Å². The number of hydrogen-bond acceptors (Lipinski definition) is 3. The molecule has 0 N–H and O–H groups in total. The highest BCUT2D eigenvalue weighted by atomic mass is 35.5. The number of rotatable bonds is 4. The van der Waals surface area contributed by atoms with Crippen molar-refractivity contribution in [2.45, 2.75) is 6.54 Å². The molecule has 0 aliphatic heterocycles. The minimum absolute atomic E-state index is 0.215. The first-order chi connectivity index (χ1) is 12.0. The SMILES string of the molecule is COC(=O)C=Cc1nn(Cc2ccc(Cl)cc2F)c2ccc(Cl)cc12. The van der Waals surface area contributed by atoms with E-state index in [1.165, 1.54) is 19.3 Å². The summed E-state index contributed by atoms with van der Waals surface area (Å²) >= 11 is 11.9. The van der Waals surface area contributed by atoms with E-state index in [0.717, 1.165) is 10.9 Å². The van der Waals surface area contributed by atoms with Crippen molar-refractivity contribution in [3.8, 4) is 0 Å². The zero-order chi connectivity index (χ0) is 18.0. The third kappa shape index (κ3) is 3.83. The van der Waals surface area contributed by atoms with E-state index in [0.29, 0.717) is 21.3 Å². The molecular formula is C18H13Cl2FN2O2. The second kappa shape index (κ2) is 7.25. The summed E-state index contributed by atoms with van der Waals surface area (Å²) in [6.45, 7) is 0.215. The Labute approximate surface area is 153 Å². The second-order valence-corrected chi connectivity index (χ2v) is 6.17. The van der Waals surface area contributed by atoms with Gasteiger partial charge in [0.1, 0.15) is 5.82 Å². The van der Waals surface area contributed by atoms with Crippen LogP contribution in [-0.2, 0) is 16.1 Å². The average Bonchev–Trinajstić information content (AvgIpc) is 2.92. The predicted molar refractivity (Wildman–Crippen MR) is 96.3 cm³/mol. The summed E-state index contributed by atoms with van der Waals surface area (Å²) < 4.78 is 20.3. The van der Waals surface area contributed by atoms with Gasteiger partial charge in [0.15, 0.2) is 0 Å². The molecule has 25 heavy (non-hydrogen) atoms. The Morgan fingerprint density at radius 1 is 1.24 bits per heavy atom. The first-order valence-electron chi connectivity index (χ1n) is 7.34. The second-order valence-electron chi connectivity index (χ2n) is 5.30. The molecule has 0 aliphatic rings. The molecule has 1 heterocycles. The van der Waals surface area contributed by atoms with Crippen LogP contribution in [0.1, 0.15) is 11.3 Å². The van der Waals surface area contributed by atoms with E-state index in [2.05, 4.69) is 9.84 Å². The van der Waals surface area contributed by atoms with Gasteiger partial charge < -0.3 is 4.74 Å². The standard InChI is InChI=1S/C18H13Cl2FN2O2/c1-25-18(24)7-5-16-14-8-12(19)4-6-17(14)23(22-16)10-11-2-3-13(20)9-15(11)21/h2-9H,10H2,1H3. The van der Waals surface area contributed by atoms with Crippen molar-refractivity contribution in [3.05, 3.63) is 69.6 Å². The van der Waals surface area contributed by atoms with Crippen molar-refractivity contribution < 1.29 is 13.9 Å². The van der Waals surface area contributed by atoms with E-state index in [1.54, 1.807) is 41.1 Å². The summed E-state index contributed by atoms with van der Waals surface area (Å²) in [5, 5.41) is 6.08.